The zero-order valence-corrected chi connectivity index (χ0v) is 3.86. The Morgan fingerprint density at radius 3 is 2.33 bits per heavy atom. The van der Waals surface area contributed by atoms with Crippen LogP contribution in [0.3, 0.4) is 0 Å². The van der Waals surface area contributed by atoms with Gasteiger partial charge < -0.3 is 10.5 Å². The summed E-state index contributed by atoms with van der Waals surface area (Å²) in [6, 6.07) is 0. The summed E-state index contributed by atoms with van der Waals surface area (Å²) in [6.07, 6.45) is 0.514. The first-order valence-corrected chi connectivity index (χ1v) is 1.92. The van der Waals surface area contributed by atoms with Gasteiger partial charge in [0.2, 0.25) is 0 Å². The Labute approximate surface area is 37.3 Å². The van der Waals surface area contributed by atoms with Gasteiger partial charge in [-0.1, -0.05) is 0 Å². The van der Waals surface area contributed by atoms with E-state index < -0.39 is 0 Å². The maximum Gasteiger partial charge on any atom is 0.0482 e. The third-order valence-electron chi connectivity index (χ3n) is 0.487. The first-order chi connectivity index (χ1) is 2.77. The van der Waals surface area contributed by atoms with Crippen molar-refractivity contribution >= 4 is 5.71 Å². The molecule has 0 aliphatic carbocycles. The normalized spacial score (nSPS) is 8.33. The fourth-order valence-corrected chi connectivity index (χ4v) is 0.168. The molecule has 2 N–H and O–H groups in total. The zero-order valence-electron chi connectivity index (χ0n) is 3.86. The molecule has 0 amide bonds. The van der Waals surface area contributed by atoms with Crippen LogP contribution in [-0.4, -0.2) is 17.4 Å². The molecule has 0 fully saturated rings. The average Bonchev–Trinajstić information content (AvgIpc) is 1.35. The van der Waals surface area contributed by atoms with Crippen LogP contribution in [0.25, 0.3) is 0 Å². The number of hydrogen-bond donors (Lipinski definition) is 2. The predicted molar refractivity (Wildman–Crippen MR) is 25.1 cm³/mol. The highest BCUT2D eigenvalue weighted by atomic mass is 16.2. The van der Waals surface area contributed by atoms with Crippen molar-refractivity contribution < 1.29 is 5.11 Å². The Kier molecular flexibility index (Phi) is 2.67. The van der Waals surface area contributed by atoms with Crippen molar-refractivity contribution in [3.63, 3.8) is 0 Å². The molecule has 0 heterocycles. The molecular weight excluding hydrogens is 78.0 g/mol. The van der Waals surface area contributed by atoms with Gasteiger partial charge in [-0.25, -0.2) is 0 Å². The summed E-state index contributed by atoms with van der Waals surface area (Å²) in [4.78, 5) is 0. The molecule has 0 radical (unpaired) electrons. The van der Waals surface area contributed by atoms with Crippen LogP contribution >= 0.6 is 0 Å². The molecule has 0 aromatic rings. The van der Waals surface area contributed by atoms with E-state index in [2.05, 4.69) is 0 Å². The van der Waals surface area contributed by atoms with Crippen molar-refractivity contribution in [1.29, 1.82) is 5.41 Å². The van der Waals surface area contributed by atoms with Crippen LogP contribution < -0.4 is 0 Å². The SMILES string of the molecule is CC(=N)CCO. The third-order valence-corrected chi connectivity index (χ3v) is 0.487. The predicted octanol–water partition coefficient (Wildman–Crippen LogP) is 0.408. The molecular formula is C4H9NO. The highest BCUT2D eigenvalue weighted by Gasteiger charge is 1.79. The Morgan fingerprint density at radius 1 is 1.83 bits per heavy atom. The summed E-state index contributed by atoms with van der Waals surface area (Å²) in [5.74, 6) is 0. The van der Waals surface area contributed by atoms with Gasteiger partial charge in [-0.05, 0) is 6.92 Å². The van der Waals surface area contributed by atoms with Gasteiger partial charge in [0, 0.05) is 18.7 Å². The lowest BCUT2D eigenvalue weighted by atomic mass is 10.3. The van der Waals surface area contributed by atoms with Crippen LogP contribution in [0.1, 0.15) is 13.3 Å². The average molecular weight is 87.1 g/mol. The lowest BCUT2D eigenvalue weighted by Gasteiger charge is -1.84. The topological polar surface area (TPSA) is 44.1 Å². The Bertz CT molecular complexity index is 51.5. The van der Waals surface area contributed by atoms with Gasteiger partial charge in [0.05, 0.1) is 0 Å². The molecule has 0 saturated carbocycles. The van der Waals surface area contributed by atoms with E-state index in [-0.39, 0.29) is 6.61 Å². The molecule has 2 heteroatoms. The van der Waals surface area contributed by atoms with E-state index in [1.807, 2.05) is 0 Å². The first-order valence-electron chi connectivity index (χ1n) is 1.92. The van der Waals surface area contributed by atoms with Crippen molar-refractivity contribution in [3.05, 3.63) is 0 Å². The van der Waals surface area contributed by atoms with E-state index in [1.165, 1.54) is 0 Å². The summed E-state index contributed by atoms with van der Waals surface area (Å²) >= 11 is 0. The van der Waals surface area contributed by atoms with E-state index in [1.54, 1.807) is 6.92 Å². The molecule has 0 saturated heterocycles. The van der Waals surface area contributed by atoms with Gasteiger partial charge >= 0.3 is 0 Å². The highest BCUT2D eigenvalue weighted by Crippen LogP contribution is 1.75. The maximum atomic E-state index is 8.10. The molecule has 0 rings (SSSR count). The van der Waals surface area contributed by atoms with E-state index >= 15 is 0 Å². The molecule has 0 spiro atoms. The van der Waals surface area contributed by atoms with Crippen LogP contribution in [0, 0.1) is 5.41 Å². The summed E-state index contributed by atoms with van der Waals surface area (Å²) in [7, 11) is 0. The number of hydrogen-bond acceptors (Lipinski definition) is 2. The van der Waals surface area contributed by atoms with Crippen molar-refractivity contribution in [1.82, 2.24) is 0 Å². The van der Waals surface area contributed by atoms with Crippen molar-refractivity contribution in [2.24, 2.45) is 0 Å². The van der Waals surface area contributed by atoms with Crippen LogP contribution in [0.5, 0.6) is 0 Å². The Balaban J connectivity index is 2.83. The van der Waals surface area contributed by atoms with Gasteiger partial charge in [-0.2, -0.15) is 0 Å². The monoisotopic (exact) mass is 87.1 g/mol. The molecule has 0 aliphatic rings. The largest absolute Gasteiger partial charge is 0.396 e. The molecule has 2 nitrogen and oxygen atoms in total. The first kappa shape index (κ1) is 5.63. The van der Waals surface area contributed by atoms with Crippen LogP contribution in [-0.2, 0) is 0 Å². The lowest BCUT2D eigenvalue weighted by Crippen LogP contribution is -1.90. The lowest BCUT2D eigenvalue weighted by molar-refractivity contribution is 0.307. The van der Waals surface area contributed by atoms with Crippen LogP contribution in [0.4, 0.5) is 0 Å². The molecule has 36 valence electrons. The fourth-order valence-electron chi connectivity index (χ4n) is 0.168. The molecule has 0 aromatic heterocycles. The highest BCUT2D eigenvalue weighted by molar-refractivity contribution is 5.78. The maximum absolute atomic E-state index is 8.10. The summed E-state index contributed by atoms with van der Waals surface area (Å²) < 4.78 is 0. The van der Waals surface area contributed by atoms with Crippen LogP contribution in [0.2, 0.25) is 0 Å². The number of aliphatic hydroxyl groups excluding tert-OH is 1. The molecule has 0 unspecified atom stereocenters. The van der Waals surface area contributed by atoms with E-state index in [9.17, 15) is 0 Å². The number of aliphatic hydroxyl groups is 1. The van der Waals surface area contributed by atoms with Crippen molar-refractivity contribution in [3.8, 4) is 0 Å². The molecule has 0 aromatic carbocycles. The minimum atomic E-state index is 0.106. The van der Waals surface area contributed by atoms with Crippen molar-refractivity contribution in [2.75, 3.05) is 6.61 Å². The summed E-state index contributed by atoms with van der Waals surface area (Å²) in [5.41, 5.74) is 0.539. The zero-order chi connectivity index (χ0) is 4.99. The number of nitrogens with one attached hydrogen (secondary N) is 1. The van der Waals surface area contributed by atoms with Gasteiger partial charge in [-0.15, -0.1) is 0 Å². The summed E-state index contributed by atoms with van der Waals surface area (Å²) in [5, 5.41) is 14.8. The van der Waals surface area contributed by atoms with Gasteiger partial charge in [0.15, 0.2) is 0 Å². The van der Waals surface area contributed by atoms with Crippen LogP contribution in [0.15, 0.2) is 0 Å². The second kappa shape index (κ2) is 2.85. The molecule has 0 atom stereocenters. The summed E-state index contributed by atoms with van der Waals surface area (Å²) in [6.45, 7) is 1.78. The van der Waals surface area contributed by atoms with Crippen molar-refractivity contribution in [2.45, 2.75) is 13.3 Å². The Morgan fingerprint density at radius 2 is 2.33 bits per heavy atom. The second-order valence-corrected chi connectivity index (χ2v) is 1.25. The minimum Gasteiger partial charge on any atom is -0.396 e. The molecule has 6 heavy (non-hydrogen) atoms. The Hall–Kier alpha value is -0.370. The number of rotatable bonds is 2. The van der Waals surface area contributed by atoms with Gasteiger partial charge in [-0.3, -0.25) is 0 Å². The quantitative estimate of drug-likeness (QED) is 0.471. The second-order valence-electron chi connectivity index (χ2n) is 1.25. The minimum absolute atomic E-state index is 0.106. The fraction of sp³-hybridized carbons (Fsp3) is 0.750. The molecule has 0 aliphatic heterocycles. The standard InChI is InChI=1S/C4H9NO/c1-4(5)2-3-6/h5-6H,2-3H2,1H3. The van der Waals surface area contributed by atoms with E-state index in [0.717, 1.165) is 0 Å². The van der Waals surface area contributed by atoms with Gasteiger partial charge in [0.1, 0.15) is 0 Å². The van der Waals surface area contributed by atoms with E-state index in [0.29, 0.717) is 12.1 Å². The molecule has 0 bridgehead atoms. The van der Waals surface area contributed by atoms with E-state index in [4.69, 9.17) is 10.5 Å². The smallest absolute Gasteiger partial charge is 0.0482 e. The third kappa shape index (κ3) is 3.63. The van der Waals surface area contributed by atoms with Gasteiger partial charge in [0.25, 0.3) is 0 Å².